The Hall–Kier alpha value is 0.280. The summed E-state index contributed by atoms with van der Waals surface area (Å²) in [5.74, 6) is 1.27. The molecule has 2 fully saturated rings. The van der Waals surface area contributed by atoms with Crippen molar-refractivity contribution in [1.29, 1.82) is 0 Å². The Morgan fingerprint density at radius 1 is 1.44 bits per heavy atom. The van der Waals surface area contributed by atoms with Crippen LogP contribution >= 0.6 is 11.8 Å². The van der Waals surface area contributed by atoms with Gasteiger partial charge in [-0.15, -0.1) is 0 Å². The molecule has 9 heavy (non-hydrogen) atoms. The molecule has 0 aromatic heterocycles. The Labute approximate surface area is 59.2 Å². The Balaban J connectivity index is 1.95. The number of alkyl halides is 1. The van der Waals surface area contributed by atoms with Crippen LogP contribution in [0.3, 0.4) is 0 Å². The summed E-state index contributed by atoms with van der Waals surface area (Å²) in [6, 6.07) is 0. The smallest absolute Gasteiger partial charge is 0.103 e. The number of hydrogen-bond acceptors (Lipinski definition) is 1. The Morgan fingerprint density at radius 2 is 2.22 bits per heavy atom. The minimum Gasteiger partial charge on any atom is -0.247 e. The first-order valence-electron chi connectivity index (χ1n) is 3.59. The molecule has 0 bridgehead atoms. The van der Waals surface area contributed by atoms with Crippen LogP contribution in [0.1, 0.15) is 25.7 Å². The van der Waals surface area contributed by atoms with Crippen molar-refractivity contribution >= 4 is 11.8 Å². The third-order valence-electron chi connectivity index (χ3n) is 2.37. The van der Waals surface area contributed by atoms with Gasteiger partial charge in [-0.3, -0.25) is 0 Å². The number of thioether (sulfide) groups is 1. The Kier molecular flexibility index (Phi) is 1.26. The third-order valence-corrected chi connectivity index (χ3v) is 4.01. The second kappa shape index (κ2) is 1.88. The van der Waals surface area contributed by atoms with Gasteiger partial charge in [0.2, 0.25) is 0 Å². The third kappa shape index (κ3) is 0.878. The number of halogens is 1. The molecule has 1 aliphatic heterocycles. The maximum atomic E-state index is 12.4. The molecule has 52 valence electrons. The molecule has 1 aliphatic carbocycles. The van der Waals surface area contributed by atoms with Gasteiger partial charge in [-0.1, -0.05) is 0 Å². The van der Waals surface area contributed by atoms with Gasteiger partial charge in [0.15, 0.2) is 0 Å². The van der Waals surface area contributed by atoms with Crippen LogP contribution in [0, 0.1) is 0 Å². The lowest BCUT2D eigenvalue weighted by Gasteiger charge is -2.40. The van der Waals surface area contributed by atoms with E-state index in [2.05, 4.69) is 0 Å². The molecule has 2 aliphatic rings. The van der Waals surface area contributed by atoms with Gasteiger partial charge in [0.25, 0.3) is 0 Å². The van der Waals surface area contributed by atoms with Crippen molar-refractivity contribution in [2.75, 3.05) is 5.75 Å². The van der Waals surface area contributed by atoms with Crippen molar-refractivity contribution in [3.63, 3.8) is 0 Å². The van der Waals surface area contributed by atoms with Crippen molar-refractivity contribution in [1.82, 2.24) is 0 Å². The molecule has 0 N–H and O–H groups in total. The molecule has 2 rings (SSSR count). The second-order valence-corrected chi connectivity index (χ2v) is 4.70. The van der Waals surface area contributed by atoms with E-state index in [1.807, 2.05) is 11.8 Å². The summed E-state index contributed by atoms with van der Waals surface area (Å²) in [7, 11) is 0. The van der Waals surface area contributed by atoms with E-state index in [-0.39, 0.29) is 0 Å². The summed E-state index contributed by atoms with van der Waals surface area (Å²) in [6.07, 6.45) is 3.82. The van der Waals surface area contributed by atoms with E-state index in [9.17, 15) is 4.39 Å². The topological polar surface area (TPSA) is 0 Å². The molecule has 0 unspecified atom stereocenters. The van der Waals surface area contributed by atoms with Gasteiger partial charge in [0.05, 0.1) is 0 Å². The first kappa shape index (κ1) is 6.02. The lowest BCUT2D eigenvalue weighted by Crippen LogP contribution is -2.39. The fourth-order valence-corrected chi connectivity index (χ4v) is 3.43. The van der Waals surface area contributed by atoms with Gasteiger partial charge in [0, 0.05) is 4.75 Å². The van der Waals surface area contributed by atoms with Crippen molar-refractivity contribution in [3.05, 3.63) is 0 Å². The van der Waals surface area contributed by atoms with Crippen molar-refractivity contribution in [3.8, 4) is 0 Å². The summed E-state index contributed by atoms with van der Waals surface area (Å²) in [4.78, 5) is 0. The maximum absolute atomic E-state index is 12.4. The van der Waals surface area contributed by atoms with E-state index in [1.54, 1.807) is 0 Å². The fourth-order valence-electron chi connectivity index (χ4n) is 1.82. The SMILES string of the molecule is FC1CC2(CCCS2)C1. The molecule has 0 amide bonds. The molecule has 0 atom stereocenters. The zero-order chi connectivity index (χ0) is 6.32. The molecule has 1 heterocycles. The first-order chi connectivity index (χ1) is 4.31. The van der Waals surface area contributed by atoms with Gasteiger partial charge >= 0.3 is 0 Å². The minimum atomic E-state index is -0.462. The lowest BCUT2D eigenvalue weighted by atomic mass is 9.80. The molecule has 1 saturated heterocycles. The average molecular weight is 146 g/mol. The minimum absolute atomic E-state index is 0.430. The molecule has 1 spiro atoms. The van der Waals surface area contributed by atoms with Crippen LogP contribution in [-0.2, 0) is 0 Å². The van der Waals surface area contributed by atoms with Crippen LogP contribution in [-0.4, -0.2) is 16.7 Å². The highest BCUT2D eigenvalue weighted by atomic mass is 32.2. The van der Waals surface area contributed by atoms with Crippen LogP contribution < -0.4 is 0 Å². The van der Waals surface area contributed by atoms with E-state index in [0.29, 0.717) is 4.75 Å². The van der Waals surface area contributed by atoms with Crippen molar-refractivity contribution in [2.45, 2.75) is 36.6 Å². The Morgan fingerprint density at radius 3 is 2.67 bits per heavy atom. The van der Waals surface area contributed by atoms with E-state index in [0.717, 1.165) is 12.8 Å². The molecule has 2 heteroatoms. The maximum Gasteiger partial charge on any atom is 0.103 e. The van der Waals surface area contributed by atoms with E-state index in [4.69, 9.17) is 0 Å². The van der Waals surface area contributed by atoms with Crippen LogP contribution in [0.15, 0.2) is 0 Å². The van der Waals surface area contributed by atoms with E-state index in [1.165, 1.54) is 18.6 Å². The predicted molar refractivity (Wildman–Crippen MR) is 38.6 cm³/mol. The fraction of sp³-hybridized carbons (Fsp3) is 1.00. The van der Waals surface area contributed by atoms with Gasteiger partial charge < -0.3 is 0 Å². The predicted octanol–water partition coefficient (Wildman–Crippen LogP) is 2.38. The van der Waals surface area contributed by atoms with Crippen LogP contribution in [0.2, 0.25) is 0 Å². The van der Waals surface area contributed by atoms with Gasteiger partial charge in [-0.2, -0.15) is 11.8 Å². The molecule has 0 aromatic carbocycles. The number of hydrogen-bond donors (Lipinski definition) is 0. The summed E-state index contributed by atoms with van der Waals surface area (Å²) in [5, 5.41) is 0. The van der Waals surface area contributed by atoms with Crippen LogP contribution in [0.5, 0.6) is 0 Å². The first-order valence-corrected chi connectivity index (χ1v) is 4.57. The van der Waals surface area contributed by atoms with Gasteiger partial charge in [-0.25, -0.2) is 4.39 Å². The average Bonchev–Trinajstić information content (AvgIpc) is 2.12. The van der Waals surface area contributed by atoms with Crippen LogP contribution in [0.4, 0.5) is 4.39 Å². The van der Waals surface area contributed by atoms with E-state index >= 15 is 0 Å². The van der Waals surface area contributed by atoms with Gasteiger partial charge in [0.1, 0.15) is 6.17 Å². The molecule has 0 nitrogen and oxygen atoms in total. The lowest BCUT2D eigenvalue weighted by molar-refractivity contribution is 0.155. The highest BCUT2D eigenvalue weighted by molar-refractivity contribution is 8.00. The van der Waals surface area contributed by atoms with Crippen LogP contribution in [0.25, 0.3) is 0 Å². The van der Waals surface area contributed by atoms with Crippen molar-refractivity contribution < 1.29 is 4.39 Å². The number of rotatable bonds is 0. The standard InChI is InChI=1S/C7H11FS/c8-6-4-7(5-6)2-1-3-9-7/h6H,1-5H2. The monoisotopic (exact) mass is 146 g/mol. The quantitative estimate of drug-likeness (QED) is 0.505. The summed E-state index contributed by atoms with van der Waals surface area (Å²) in [5.41, 5.74) is 0. The zero-order valence-corrected chi connectivity index (χ0v) is 6.22. The molecular formula is C7H11FS. The molecular weight excluding hydrogens is 135 g/mol. The second-order valence-electron chi connectivity index (χ2n) is 3.14. The summed E-state index contributed by atoms with van der Waals surface area (Å²) >= 11 is 2.00. The highest BCUT2D eigenvalue weighted by Gasteiger charge is 2.46. The largest absolute Gasteiger partial charge is 0.247 e. The van der Waals surface area contributed by atoms with E-state index < -0.39 is 6.17 Å². The zero-order valence-electron chi connectivity index (χ0n) is 5.40. The highest BCUT2D eigenvalue weighted by Crippen LogP contribution is 2.52. The molecule has 1 saturated carbocycles. The van der Waals surface area contributed by atoms with Gasteiger partial charge in [-0.05, 0) is 31.4 Å². The summed E-state index contributed by atoms with van der Waals surface area (Å²) in [6.45, 7) is 0. The molecule has 0 aromatic rings. The Bertz CT molecular complexity index is 110. The summed E-state index contributed by atoms with van der Waals surface area (Å²) < 4.78 is 12.8. The van der Waals surface area contributed by atoms with Crippen molar-refractivity contribution in [2.24, 2.45) is 0 Å². The normalized spacial score (nSPS) is 49.7. The molecule has 0 radical (unpaired) electrons.